The number of para-hydroxylation sites is 1. The lowest BCUT2D eigenvalue weighted by molar-refractivity contribution is 0.0963. The molecule has 9 heteroatoms. The van der Waals surface area contributed by atoms with Crippen LogP contribution in [0.1, 0.15) is 40.4 Å². The van der Waals surface area contributed by atoms with Crippen LogP contribution in [0.15, 0.2) is 77.8 Å². The van der Waals surface area contributed by atoms with Crippen molar-refractivity contribution in [2.24, 2.45) is 0 Å². The standard InChI is InChI=1S/C30H35N3O5S/c1-3-15-38-28-14-13-22(12-11-21-7-6-8-23(16-21)30(35)31-2)17-29(28)39(36,37)33-25(20-34)18-24-19-32-27-10-5-4-9-26(24)27/h4-10,13-14,16-17,19,25,32-34H,3,11-12,15,18,20H2,1-2H3,(H,31,35)/t25-/m1/s1. The molecule has 206 valence electrons. The number of amides is 1. The number of aliphatic hydroxyl groups is 1. The maximum absolute atomic E-state index is 13.6. The largest absolute Gasteiger partial charge is 0.492 e. The van der Waals surface area contributed by atoms with E-state index in [0.717, 1.165) is 34.0 Å². The van der Waals surface area contributed by atoms with E-state index < -0.39 is 16.1 Å². The van der Waals surface area contributed by atoms with Crippen LogP contribution in [0.2, 0.25) is 0 Å². The molecule has 0 saturated heterocycles. The number of sulfonamides is 1. The summed E-state index contributed by atoms with van der Waals surface area (Å²) in [5, 5.41) is 13.7. The number of H-pyrrole nitrogens is 1. The molecule has 0 saturated carbocycles. The zero-order valence-electron chi connectivity index (χ0n) is 22.2. The molecule has 0 bridgehead atoms. The second-order valence-electron chi connectivity index (χ2n) is 9.47. The Hall–Kier alpha value is -3.66. The monoisotopic (exact) mass is 549 g/mol. The number of carbonyl (C=O) groups is 1. The fourth-order valence-corrected chi connectivity index (χ4v) is 5.96. The van der Waals surface area contributed by atoms with E-state index in [1.165, 1.54) is 0 Å². The van der Waals surface area contributed by atoms with Gasteiger partial charge in [0.2, 0.25) is 10.0 Å². The summed E-state index contributed by atoms with van der Waals surface area (Å²) in [5.74, 6) is 0.123. The molecule has 0 fully saturated rings. The SMILES string of the molecule is CCCOc1ccc(CCc2cccc(C(=O)NC)c2)cc1S(=O)(=O)N[C@@H](CO)Cc1c[nH]c2ccccc12. The number of aromatic amines is 1. The van der Waals surface area contributed by atoms with E-state index in [9.17, 15) is 18.3 Å². The van der Waals surface area contributed by atoms with Crippen molar-refractivity contribution < 1.29 is 23.1 Å². The molecule has 4 N–H and O–H groups in total. The molecule has 0 unspecified atom stereocenters. The summed E-state index contributed by atoms with van der Waals surface area (Å²) in [6.45, 7) is 1.98. The van der Waals surface area contributed by atoms with E-state index in [4.69, 9.17) is 4.74 Å². The van der Waals surface area contributed by atoms with Gasteiger partial charge in [0.15, 0.2) is 0 Å². The maximum Gasteiger partial charge on any atom is 0.251 e. The number of hydrogen-bond acceptors (Lipinski definition) is 5. The molecular weight excluding hydrogens is 514 g/mol. The molecule has 1 aromatic heterocycles. The van der Waals surface area contributed by atoms with Crippen LogP contribution in [0.5, 0.6) is 5.75 Å². The summed E-state index contributed by atoms with van der Waals surface area (Å²) < 4.78 is 35.7. The average Bonchev–Trinajstić information content (AvgIpc) is 3.37. The van der Waals surface area contributed by atoms with Crippen molar-refractivity contribution in [3.05, 3.63) is 95.2 Å². The van der Waals surface area contributed by atoms with Crippen LogP contribution in [-0.2, 0) is 29.3 Å². The summed E-state index contributed by atoms with van der Waals surface area (Å²) >= 11 is 0. The molecule has 4 aromatic rings. The number of rotatable bonds is 13. The highest BCUT2D eigenvalue weighted by molar-refractivity contribution is 7.89. The van der Waals surface area contributed by atoms with E-state index in [0.29, 0.717) is 31.4 Å². The second-order valence-corrected chi connectivity index (χ2v) is 11.2. The predicted molar refractivity (Wildman–Crippen MR) is 153 cm³/mol. The lowest BCUT2D eigenvalue weighted by Gasteiger charge is -2.19. The first-order chi connectivity index (χ1) is 18.8. The van der Waals surface area contributed by atoms with Gasteiger partial charge in [-0.2, -0.15) is 0 Å². The molecule has 1 heterocycles. The Balaban J connectivity index is 1.55. The van der Waals surface area contributed by atoms with Gasteiger partial charge in [-0.1, -0.05) is 43.3 Å². The molecular formula is C30H35N3O5S. The van der Waals surface area contributed by atoms with Gasteiger partial charge in [-0.25, -0.2) is 13.1 Å². The molecule has 8 nitrogen and oxygen atoms in total. The fraction of sp³-hybridized carbons (Fsp3) is 0.300. The molecule has 0 aliphatic carbocycles. The van der Waals surface area contributed by atoms with Gasteiger partial charge >= 0.3 is 0 Å². The van der Waals surface area contributed by atoms with Crippen LogP contribution in [0, 0.1) is 0 Å². The van der Waals surface area contributed by atoms with Gasteiger partial charge in [0.1, 0.15) is 10.6 Å². The predicted octanol–water partition coefficient (Wildman–Crippen LogP) is 3.98. The molecule has 0 aliphatic heterocycles. The van der Waals surface area contributed by atoms with Crippen molar-refractivity contribution in [2.75, 3.05) is 20.3 Å². The Labute approximate surface area is 229 Å². The van der Waals surface area contributed by atoms with Gasteiger partial charge in [-0.05, 0) is 72.7 Å². The third-order valence-electron chi connectivity index (χ3n) is 6.56. The minimum atomic E-state index is -4.01. The van der Waals surface area contributed by atoms with Gasteiger partial charge in [0.25, 0.3) is 5.91 Å². The molecule has 0 spiro atoms. The van der Waals surface area contributed by atoms with E-state index >= 15 is 0 Å². The van der Waals surface area contributed by atoms with Crippen LogP contribution in [0.4, 0.5) is 0 Å². The molecule has 39 heavy (non-hydrogen) atoms. The minimum absolute atomic E-state index is 0.0462. The number of carbonyl (C=O) groups excluding carboxylic acids is 1. The van der Waals surface area contributed by atoms with Crippen molar-refractivity contribution in [2.45, 2.75) is 43.5 Å². The van der Waals surface area contributed by atoms with Crippen LogP contribution >= 0.6 is 0 Å². The Morgan fingerprint density at radius 3 is 2.54 bits per heavy atom. The number of aryl methyl sites for hydroxylation is 2. The molecule has 3 aromatic carbocycles. The molecule has 1 amide bonds. The first-order valence-electron chi connectivity index (χ1n) is 13.1. The highest BCUT2D eigenvalue weighted by Gasteiger charge is 2.25. The van der Waals surface area contributed by atoms with E-state index in [2.05, 4.69) is 15.0 Å². The number of aliphatic hydroxyl groups excluding tert-OH is 1. The molecule has 0 radical (unpaired) electrons. The van der Waals surface area contributed by atoms with Crippen molar-refractivity contribution in [1.82, 2.24) is 15.0 Å². The van der Waals surface area contributed by atoms with Gasteiger partial charge in [0.05, 0.1) is 13.2 Å². The number of fused-ring (bicyclic) bond motifs is 1. The van der Waals surface area contributed by atoms with Crippen molar-refractivity contribution >= 4 is 26.8 Å². The number of aromatic nitrogens is 1. The third-order valence-corrected chi connectivity index (χ3v) is 8.10. The van der Waals surface area contributed by atoms with Gasteiger partial charge in [-0.15, -0.1) is 0 Å². The third kappa shape index (κ3) is 7.06. The minimum Gasteiger partial charge on any atom is -0.492 e. The van der Waals surface area contributed by atoms with Crippen molar-refractivity contribution in [3.63, 3.8) is 0 Å². The van der Waals surface area contributed by atoms with Crippen LogP contribution < -0.4 is 14.8 Å². The lowest BCUT2D eigenvalue weighted by Crippen LogP contribution is -2.39. The Bertz CT molecular complexity index is 1530. The normalized spacial score (nSPS) is 12.4. The molecule has 1 atom stereocenters. The lowest BCUT2D eigenvalue weighted by atomic mass is 10.0. The summed E-state index contributed by atoms with van der Waals surface area (Å²) in [7, 11) is -2.42. The van der Waals surface area contributed by atoms with E-state index in [1.54, 1.807) is 25.2 Å². The Kier molecular flexibility index (Phi) is 9.40. The first-order valence-corrected chi connectivity index (χ1v) is 14.6. The van der Waals surface area contributed by atoms with Crippen molar-refractivity contribution in [1.29, 1.82) is 0 Å². The smallest absolute Gasteiger partial charge is 0.251 e. The molecule has 0 aliphatic rings. The van der Waals surface area contributed by atoms with E-state index in [-0.39, 0.29) is 23.2 Å². The summed E-state index contributed by atoms with van der Waals surface area (Å²) in [5.41, 5.74) is 4.25. The number of hydrogen-bond donors (Lipinski definition) is 4. The van der Waals surface area contributed by atoms with Crippen LogP contribution in [0.25, 0.3) is 10.9 Å². The highest BCUT2D eigenvalue weighted by atomic mass is 32.2. The first kappa shape index (κ1) is 28.4. The van der Waals surface area contributed by atoms with Gasteiger partial charge in [0, 0.05) is 35.8 Å². The number of ether oxygens (including phenoxy) is 1. The van der Waals surface area contributed by atoms with Crippen LogP contribution in [0.3, 0.4) is 0 Å². The quantitative estimate of drug-likeness (QED) is 0.201. The van der Waals surface area contributed by atoms with Gasteiger partial charge < -0.3 is 20.1 Å². The average molecular weight is 550 g/mol. The van der Waals surface area contributed by atoms with E-state index in [1.807, 2.05) is 61.7 Å². The maximum atomic E-state index is 13.6. The summed E-state index contributed by atoms with van der Waals surface area (Å²) in [6, 6.07) is 19.6. The zero-order chi connectivity index (χ0) is 27.8. The second kappa shape index (κ2) is 12.9. The number of benzene rings is 3. The summed E-state index contributed by atoms with van der Waals surface area (Å²) in [4.78, 5) is 15.2. The summed E-state index contributed by atoms with van der Waals surface area (Å²) in [6.07, 6.45) is 4.11. The zero-order valence-corrected chi connectivity index (χ0v) is 23.1. The Morgan fingerprint density at radius 2 is 1.79 bits per heavy atom. The van der Waals surface area contributed by atoms with Gasteiger partial charge in [-0.3, -0.25) is 4.79 Å². The Morgan fingerprint density at radius 1 is 1.03 bits per heavy atom. The van der Waals surface area contributed by atoms with Crippen LogP contribution in [-0.4, -0.2) is 50.7 Å². The molecule has 4 rings (SSSR count). The topological polar surface area (TPSA) is 121 Å². The number of nitrogens with one attached hydrogen (secondary N) is 3. The fourth-order valence-electron chi connectivity index (χ4n) is 4.54. The van der Waals surface area contributed by atoms with Crippen molar-refractivity contribution in [3.8, 4) is 5.75 Å². The highest BCUT2D eigenvalue weighted by Crippen LogP contribution is 2.27.